The van der Waals surface area contributed by atoms with Gasteiger partial charge in [0.25, 0.3) is 0 Å². The Morgan fingerprint density at radius 1 is 1.06 bits per heavy atom. The number of hydrogen-bond acceptors (Lipinski definition) is 2. The third-order valence-corrected chi connectivity index (χ3v) is 1.30. The Hall–Kier alpha value is -1.57. The molecule has 0 unspecified atom stereocenters. The van der Waals surface area contributed by atoms with E-state index in [1.165, 1.54) is 0 Å². The van der Waals surface area contributed by atoms with Gasteiger partial charge in [-0.3, -0.25) is 0 Å². The first kappa shape index (κ1) is 20.8. The zero-order valence-electron chi connectivity index (χ0n) is 12.2. The van der Waals surface area contributed by atoms with Gasteiger partial charge in [0, 0.05) is 11.8 Å². The number of pyridine rings is 1. The predicted molar refractivity (Wildman–Crippen MR) is 82.2 cm³/mol. The highest BCUT2D eigenvalue weighted by molar-refractivity contribution is 5.62. The molecule has 0 spiro atoms. The number of rotatable bonds is 3. The van der Waals surface area contributed by atoms with Gasteiger partial charge in [-0.1, -0.05) is 60.8 Å². The van der Waals surface area contributed by atoms with Gasteiger partial charge >= 0.3 is 0 Å². The molecule has 0 aliphatic carbocycles. The molecule has 2 nitrogen and oxygen atoms in total. The number of nitrogens with zero attached hydrogens (tertiary/aromatic N) is 1. The van der Waals surface area contributed by atoms with Crippen molar-refractivity contribution in [1.82, 2.24) is 4.98 Å². The van der Waals surface area contributed by atoms with Crippen LogP contribution < -0.4 is 5.32 Å². The molecular formula is C15H28N2. The monoisotopic (exact) mass is 236 g/mol. The molecule has 2 heteroatoms. The zero-order valence-corrected chi connectivity index (χ0v) is 12.2. The first-order valence-corrected chi connectivity index (χ1v) is 6.33. The first-order valence-electron chi connectivity index (χ1n) is 6.33. The Morgan fingerprint density at radius 2 is 1.59 bits per heavy atom. The molecule has 0 amide bonds. The first-order chi connectivity index (χ1) is 8.38. The van der Waals surface area contributed by atoms with Crippen LogP contribution in [0, 0.1) is 0 Å². The summed E-state index contributed by atoms with van der Waals surface area (Å²) in [7, 11) is 0. The molecule has 17 heavy (non-hydrogen) atoms. The lowest BCUT2D eigenvalue weighted by Gasteiger charge is -2.01. The van der Waals surface area contributed by atoms with Crippen molar-refractivity contribution in [1.29, 1.82) is 0 Å². The Kier molecular flexibility index (Phi) is 24.4. The van der Waals surface area contributed by atoms with E-state index < -0.39 is 0 Å². The SMILES string of the molecule is C=CNc1ncccc1C=C.CC.CC.CC. The fraction of sp³-hybridized carbons (Fsp3) is 0.400. The lowest BCUT2D eigenvalue weighted by Crippen LogP contribution is -1.92. The third-order valence-electron chi connectivity index (χ3n) is 1.30. The van der Waals surface area contributed by atoms with Gasteiger partial charge in [0.05, 0.1) is 0 Å². The maximum Gasteiger partial charge on any atom is 0.137 e. The average molecular weight is 236 g/mol. The summed E-state index contributed by atoms with van der Waals surface area (Å²) in [5.74, 6) is 0.789. The predicted octanol–water partition coefficient (Wildman–Crippen LogP) is 5.36. The summed E-state index contributed by atoms with van der Waals surface area (Å²) in [6.07, 6.45) is 5.06. The van der Waals surface area contributed by atoms with Crippen LogP contribution in [0.25, 0.3) is 6.08 Å². The van der Waals surface area contributed by atoms with Crippen molar-refractivity contribution in [3.63, 3.8) is 0 Å². The fourth-order valence-corrected chi connectivity index (χ4v) is 0.800. The molecule has 1 aromatic heterocycles. The highest BCUT2D eigenvalue weighted by Crippen LogP contribution is 2.11. The molecule has 0 aromatic carbocycles. The second-order valence-electron chi connectivity index (χ2n) is 1.99. The highest BCUT2D eigenvalue weighted by atomic mass is 15.0. The van der Waals surface area contributed by atoms with Crippen molar-refractivity contribution < 1.29 is 0 Å². The quantitative estimate of drug-likeness (QED) is 0.764. The molecule has 0 saturated carbocycles. The van der Waals surface area contributed by atoms with Crippen LogP contribution in [0.2, 0.25) is 0 Å². The minimum Gasteiger partial charge on any atom is -0.347 e. The van der Waals surface area contributed by atoms with E-state index in [1.54, 1.807) is 18.5 Å². The Morgan fingerprint density at radius 3 is 2.00 bits per heavy atom. The Balaban J connectivity index is -0.000000285. The van der Waals surface area contributed by atoms with Crippen molar-refractivity contribution >= 4 is 11.9 Å². The normalized spacial score (nSPS) is 6.71. The number of hydrogen-bond donors (Lipinski definition) is 1. The van der Waals surface area contributed by atoms with Crippen molar-refractivity contribution in [2.75, 3.05) is 5.32 Å². The van der Waals surface area contributed by atoms with E-state index >= 15 is 0 Å². The Bertz CT molecular complexity index is 267. The molecule has 0 aliphatic heterocycles. The molecule has 1 rings (SSSR count). The molecule has 1 heterocycles. The molecule has 0 fully saturated rings. The summed E-state index contributed by atoms with van der Waals surface area (Å²) in [6, 6.07) is 3.80. The number of aromatic nitrogens is 1. The average Bonchev–Trinajstić information content (AvgIpc) is 2.46. The molecule has 0 saturated heterocycles. The molecule has 1 N–H and O–H groups in total. The number of anilines is 1. The maximum absolute atomic E-state index is 4.09. The van der Waals surface area contributed by atoms with Gasteiger partial charge < -0.3 is 5.32 Å². The summed E-state index contributed by atoms with van der Waals surface area (Å²) in [5, 5.41) is 2.91. The highest BCUT2D eigenvalue weighted by Gasteiger charge is 1.94. The van der Waals surface area contributed by atoms with E-state index in [2.05, 4.69) is 23.5 Å². The van der Waals surface area contributed by atoms with Crippen LogP contribution >= 0.6 is 0 Å². The summed E-state index contributed by atoms with van der Waals surface area (Å²) in [6.45, 7) is 19.2. The molecule has 0 atom stereocenters. The van der Waals surface area contributed by atoms with Crippen molar-refractivity contribution in [2.24, 2.45) is 0 Å². The van der Waals surface area contributed by atoms with E-state index in [4.69, 9.17) is 0 Å². The summed E-state index contributed by atoms with van der Waals surface area (Å²) in [5.41, 5.74) is 0.979. The van der Waals surface area contributed by atoms with Crippen LogP contribution in [0.3, 0.4) is 0 Å². The summed E-state index contributed by atoms with van der Waals surface area (Å²) in [4.78, 5) is 4.09. The summed E-state index contributed by atoms with van der Waals surface area (Å²) >= 11 is 0. The van der Waals surface area contributed by atoms with E-state index in [-0.39, 0.29) is 0 Å². The molecular weight excluding hydrogens is 208 g/mol. The van der Waals surface area contributed by atoms with E-state index in [1.807, 2.05) is 53.7 Å². The van der Waals surface area contributed by atoms with Crippen LogP contribution in [0.1, 0.15) is 47.1 Å². The zero-order chi connectivity index (χ0) is 14.1. The van der Waals surface area contributed by atoms with Crippen LogP contribution in [-0.4, -0.2) is 4.98 Å². The largest absolute Gasteiger partial charge is 0.347 e. The van der Waals surface area contributed by atoms with E-state index in [9.17, 15) is 0 Å². The van der Waals surface area contributed by atoms with Gasteiger partial charge in [-0.25, -0.2) is 4.98 Å². The minimum atomic E-state index is 0.789. The molecule has 0 aliphatic rings. The molecule has 1 aromatic rings. The topological polar surface area (TPSA) is 24.9 Å². The van der Waals surface area contributed by atoms with Gasteiger partial charge in [0.1, 0.15) is 5.82 Å². The maximum atomic E-state index is 4.09. The number of nitrogens with one attached hydrogen (secondary N) is 1. The van der Waals surface area contributed by atoms with E-state index in [0.717, 1.165) is 11.4 Å². The van der Waals surface area contributed by atoms with E-state index in [0.29, 0.717) is 0 Å². The third kappa shape index (κ3) is 10.7. The molecule has 0 radical (unpaired) electrons. The second-order valence-corrected chi connectivity index (χ2v) is 1.99. The Labute approximate surface area is 107 Å². The smallest absolute Gasteiger partial charge is 0.137 e. The van der Waals surface area contributed by atoms with Crippen LogP contribution in [-0.2, 0) is 0 Å². The molecule has 98 valence electrons. The van der Waals surface area contributed by atoms with Gasteiger partial charge in [0.15, 0.2) is 0 Å². The van der Waals surface area contributed by atoms with Crippen LogP contribution in [0.15, 0.2) is 37.7 Å². The van der Waals surface area contributed by atoms with Crippen molar-refractivity contribution in [3.8, 4) is 0 Å². The van der Waals surface area contributed by atoms with Gasteiger partial charge in [0.2, 0.25) is 0 Å². The fourth-order valence-electron chi connectivity index (χ4n) is 0.800. The van der Waals surface area contributed by atoms with Gasteiger partial charge in [-0.15, -0.1) is 0 Å². The minimum absolute atomic E-state index is 0.789. The van der Waals surface area contributed by atoms with Gasteiger partial charge in [-0.05, 0) is 18.3 Å². The van der Waals surface area contributed by atoms with Crippen molar-refractivity contribution in [2.45, 2.75) is 41.5 Å². The summed E-state index contributed by atoms with van der Waals surface area (Å²) < 4.78 is 0. The van der Waals surface area contributed by atoms with Crippen LogP contribution in [0.5, 0.6) is 0 Å². The molecule has 0 bridgehead atoms. The van der Waals surface area contributed by atoms with Gasteiger partial charge in [-0.2, -0.15) is 0 Å². The second kappa shape index (κ2) is 19.9. The lowest BCUT2D eigenvalue weighted by molar-refractivity contribution is 1.30. The standard InChI is InChI=1S/C9H10N2.3C2H6/c1-3-8-6-5-7-11-9(8)10-4-2;3*1-2/h3-7H,1-2H2,(H,10,11);3*1-2H3. The lowest BCUT2D eigenvalue weighted by atomic mass is 10.2. The van der Waals surface area contributed by atoms with Crippen LogP contribution in [0.4, 0.5) is 5.82 Å². The van der Waals surface area contributed by atoms with Crippen molar-refractivity contribution in [3.05, 3.63) is 43.3 Å².